The van der Waals surface area contributed by atoms with Crippen molar-refractivity contribution in [2.24, 2.45) is 17.6 Å². The fourth-order valence-corrected chi connectivity index (χ4v) is 4.53. The SMILES string of the molecule is N[C@H]1CC[C@H](Nc2cc(C(C3CC3)C3CC3)nc3c(Cl)cnn23)C1. The van der Waals surface area contributed by atoms with Crippen molar-refractivity contribution < 1.29 is 0 Å². The molecule has 5 nitrogen and oxygen atoms in total. The van der Waals surface area contributed by atoms with E-state index in [1.807, 2.05) is 4.52 Å². The van der Waals surface area contributed by atoms with E-state index in [0.717, 1.165) is 42.6 Å². The van der Waals surface area contributed by atoms with Gasteiger partial charge in [0.1, 0.15) is 10.8 Å². The summed E-state index contributed by atoms with van der Waals surface area (Å²) in [4.78, 5) is 4.91. The number of rotatable bonds is 5. The van der Waals surface area contributed by atoms with Gasteiger partial charge in [-0.2, -0.15) is 9.61 Å². The molecule has 6 heteroatoms. The zero-order valence-electron chi connectivity index (χ0n) is 13.8. The number of anilines is 1. The van der Waals surface area contributed by atoms with Crippen LogP contribution in [0.4, 0.5) is 5.82 Å². The zero-order chi connectivity index (χ0) is 16.3. The summed E-state index contributed by atoms with van der Waals surface area (Å²) in [5, 5.41) is 8.73. The Hall–Kier alpha value is -1.33. The lowest BCUT2D eigenvalue weighted by atomic mass is 9.93. The van der Waals surface area contributed by atoms with Gasteiger partial charge in [-0.05, 0) is 56.8 Å². The third-order valence-electron chi connectivity index (χ3n) is 5.88. The van der Waals surface area contributed by atoms with Crippen LogP contribution in [0.1, 0.15) is 56.6 Å². The lowest BCUT2D eigenvalue weighted by molar-refractivity contribution is 0.524. The normalized spacial score (nSPS) is 27.3. The molecular formula is C18H24ClN5. The van der Waals surface area contributed by atoms with Gasteiger partial charge in [-0.3, -0.25) is 0 Å². The predicted molar refractivity (Wildman–Crippen MR) is 95.4 cm³/mol. The lowest BCUT2D eigenvalue weighted by Crippen LogP contribution is -2.22. The van der Waals surface area contributed by atoms with Crippen molar-refractivity contribution in [1.82, 2.24) is 14.6 Å². The van der Waals surface area contributed by atoms with Crippen molar-refractivity contribution in [2.45, 2.75) is 62.9 Å². The maximum absolute atomic E-state index is 6.36. The van der Waals surface area contributed by atoms with Crippen molar-refractivity contribution in [3.8, 4) is 0 Å². The number of fused-ring (bicyclic) bond motifs is 1. The van der Waals surface area contributed by atoms with E-state index in [1.165, 1.54) is 31.4 Å². The summed E-state index contributed by atoms with van der Waals surface area (Å²) in [7, 11) is 0. The highest BCUT2D eigenvalue weighted by Gasteiger charge is 2.43. The topological polar surface area (TPSA) is 68.2 Å². The molecule has 5 rings (SSSR count). The minimum atomic E-state index is 0.311. The smallest absolute Gasteiger partial charge is 0.176 e. The number of nitrogens with one attached hydrogen (secondary N) is 1. The quantitative estimate of drug-likeness (QED) is 0.869. The number of nitrogens with two attached hydrogens (primary N) is 1. The summed E-state index contributed by atoms with van der Waals surface area (Å²) in [6.07, 6.45) is 10.3. The van der Waals surface area contributed by atoms with Gasteiger partial charge in [0.05, 0.1) is 11.9 Å². The van der Waals surface area contributed by atoms with Crippen molar-refractivity contribution in [1.29, 1.82) is 0 Å². The molecule has 3 aliphatic rings. The standard InChI is InChI=1S/C18H24ClN5/c19-14-9-21-24-16(22-13-6-5-12(20)7-13)8-15(23-18(14)24)17(10-1-2-10)11-3-4-11/h8-13,17,22H,1-7,20H2/t12-,13-/m0/s1. The van der Waals surface area contributed by atoms with Crippen LogP contribution in [0.2, 0.25) is 5.02 Å². The molecule has 2 heterocycles. The van der Waals surface area contributed by atoms with Gasteiger partial charge in [-0.1, -0.05) is 11.6 Å². The Labute approximate surface area is 147 Å². The summed E-state index contributed by atoms with van der Waals surface area (Å²) in [5.74, 6) is 3.27. The van der Waals surface area contributed by atoms with Gasteiger partial charge in [-0.25, -0.2) is 4.98 Å². The summed E-state index contributed by atoms with van der Waals surface area (Å²) >= 11 is 6.36. The Morgan fingerprint density at radius 2 is 1.92 bits per heavy atom. The van der Waals surface area contributed by atoms with Gasteiger partial charge in [0, 0.05) is 24.1 Å². The van der Waals surface area contributed by atoms with Gasteiger partial charge in [0.2, 0.25) is 0 Å². The maximum atomic E-state index is 6.36. The molecule has 3 N–H and O–H groups in total. The summed E-state index contributed by atoms with van der Waals surface area (Å²) < 4.78 is 1.85. The molecule has 128 valence electrons. The van der Waals surface area contributed by atoms with Crippen LogP contribution in [0.3, 0.4) is 0 Å². The van der Waals surface area contributed by atoms with Crippen LogP contribution >= 0.6 is 11.6 Å². The second-order valence-corrected chi connectivity index (χ2v) is 8.32. The molecule has 0 spiro atoms. The molecule has 0 bridgehead atoms. The van der Waals surface area contributed by atoms with Crippen molar-refractivity contribution in [2.75, 3.05) is 5.32 Å². The Morgan fingerprint density at radius 3 is 2.54 bits per heavy atom. The number of nitrogens with zero attached hydrogens (tertiary/aromatic N) is 3. The molecule has 0 amide bonds. The molecule has 0 saturated heterocycles. The number of halogens is 1. The van der Waals surface area contributed by atoms with Crippen molar-refractivity contribution in [3.63, 3.8) is 0 Å². The first kappa shape index (κ1) is 15.0. The number of hydrogen-bond donors (Lipinski definition) is 2. The molecule has 0 aromatic carbocycles. The third kappa shape index (κ3) is 2.68. The summed E-state index contributed by atoms with van der Waals surface area (Å²) in [6, 6.07) is 2.95. The van der Waals surface area contributed by atoms with Crippen LogP contribution in [0.25, 0.3) is 5.65 Å². The third-order valence-corrected chi connectivity index (χ3v) is 6.14. The minimum absolute atomic E-state index is 0.311. The highest BCUT2D eigenvalue weighted by atomic mass is 35.5. The molecule has 2 atom stereocenters. The van der Waals surface area contributed by atoms with E-state index in [-0.39, 0.29) is 0 Å². The largest absolute Gasteiger partial charge is 0.367 e. The van der Waals surface area contributed by atoms with Crippen LogP contribution < -0.4 is 11.1 Å². The average molecular weight is 346 g/mol. The van der Waals surface area contributed by atoms with Crippen LogP contribution in [0.15, 0.2) is 12.3 Å². The Morgan fingerprint density at radius 1 is 1.17 bits per heavy atom. The van der Waals surface area contributed by atoms with Crippen LogP contribution in [-0.4, -0.2) is 26.7 Å². The minimum Gasteiger partial charge on any atom is -0.367 e. The molecular weight excluding hydrogens is 322 g/mol. The number of aromatic nitrogens is 3. The highest BCUT2D eigenvalue weighted by molar-refractivity contribution is 6.33. The van der Waals surface area contributed by atoms with E-state index < -0.39 is 0 Å². The molecule has 3 saturated carbocycles. The van der Waals surface area contributed by atoms with Gasteiger partial charge in [0.15, 0.2) is 5.65 Å². The average Bonchev–Trinajstić information content (AvgIpc) is 3.48. The van der Waals surface area contributed by atoms with Gasteiger partial charge >= 0.3 is 0 Å². The van der Waals surface area contributed by atoms with E-state index in [9.17, 15) is 0 Å². The molecule has 2 aromatic rings. The van der Waals surface area contributed by atoms with Crippen molar-refractivity contribution >= 4 is 23.1 Å². The summed E-state index contributed by atoms with van der Waals surface area (Å²) in [6.45, 7) is 0. The molecule has 3 aliphatic carbocycles. The first-order chi connectivity index (χ1) is 11.7. The van der Waals surface area contributed by atoms with Crippen LogP contribution in [0, 0.1) is 11.8 Å². The predicted octanol–water partition coefficient (Wildman–Crippen LogP) is 3.58. The Bertz CT molecular complexity index is 752. The van der Waals surface area contributed by atoms with Crippen LogP contribution in [-0.2, 0) is 0 Å². The fraction of sp³-hybridized carbons (Fsp3) is 0.667. The fourth-order valence-electron chi connectivity index (χ4n) is 4.36. The van der Waals surface area contributed by atoms with Gasteiger partial charge in [0.25, 0.3) is 0 Å². The number of hydrogen-bond acceptors (Lipinski definition) is 4. The van der Waals surface area contributed by atoms with E-state index in [4.69, 9.17) is 22.3 Å². The molecule has 24 heavy (non-hydrogen) atoms. The molecule has 0 radical (unpaired) electrons. The second-order valence-electron chi connectivity index (χ2n) is 7.91. The van der Waals surface area contributed by atoms with E-state index in [0.29, 0.717) is 23.0 Å². The van der Waals surface area contributed by atoms with Gasteiger partial charge < -0.3 is 11.1 Å². The van der Waals surface area contributed by atoms with E-state index in [2.05, 4.69) is 16.5 Å². The Balaban J connectivity index is 1.54. The zero-order valence-corrected chi connectivity index (χ0v) is 14.5. The molecule has 3 fully saturated rings. The van der Waals surface area contributed by atoms with E-state index >= 15 is 0 Å². The first-order valence-electron chi connectivity index (χ1n) is 9.25. The molecule has 0 aliphatic heterocycles. The second kappa shape index (κ2) is 5.60. The lowest BCUT2D eigenvalue weighted by Gasteiger charge is -2.19. The van der Waals surface area contributed by atoms with Gasteiger partial charge in [-0.15, -0.1) is 0 Å². The Kier molecular flexibility index (Phi) is 3.49. The maximum Gasteiger partial charge on any atom is 0.176 e. The summed E-state index contributed by atoms with van der Waals surface area (Å²) in [5.41, 5.74) is 8.06. The van der Waals surface area contributed by atoms with E-state index in [1.54, 1.807) is 6.20 Å². The monoisotopic (exact) mass is 345 g/mol. The first-order valence-corrected chi connectivity index (χ1v) is 9.63. The van der Waals surface area contributed by atoms with Crippen LogP contribution in [0.5, 0.6) is 0 Å². The highest BCUT2D eigenvalue weighted by Crippen LogP contribution is 2.54. The molecule has 2 aromatic heterocycles. The molecule has 0 unspecified atom stereocenters. The van der Waals surface area contributed by atoms with Crippen molar-refractivity contribution in [3.05, 3.63) is 23.0 Å².